The molecule has 0 N–H and O–H groups in total. The number of hydrogen-bond acceptors (Lipinski definition) is 4. The fraction of sp³-hybridized carbons (Fsp3) is 0.867. The third kappa shape index (κ3) is 53.4. The molecule has 2 unspecified atom stereocenters. The molecule has 0 aliphatic rings. The van der Waals surface area contributed by atoms with Crippen molar-refractivity contribution in [2.45, 2.75) is 121 Å². The van der Waals surface area contributed by atoms with Crippen LogP contribution < -0.4 is 0 Å². The van der Waals surface area contributed by atoms with Crippen molar-refractivity contribution in [3.8, 4) is 0 Å². The van der Waals surface area contributed by atoms with Crippen LogP contribution in [0.4, 0.5) is 0 Å². The van der Waals surface area contributed by atoms with Crippen LogP contribution >= 0.6 is 25.3 Å². The molecular formula is C30H60O4S2Sn. The molecule has 0 aliphatic carbocycles. The summed E-state index contributed by atoms with van der Waals surface area (Å²) in [5, 5.41) is 0. The minimum Gasteiger partial charge on any atom is -0.465 e. The molecule has 8 radical (unpaired) electrons. The Balaban J connectivity index is -0.000000140. The van der Waals surface area contributed by atoms with Gasteiger partial charge in [0.15, 0.2) is 0 Å². The third-order valence-corrected chi connectivity index (χ3v) is 4.69. The van der Waals surface area contributed by atoms with Crippen molar-refractivity contribution in [2.24, 2.45) is 22.7 Å². The summed E-state index contributed by atoms with van der Waals surface area (Å²) in [7, 11) is 0. The summed E-state index contributed by atoms with van der Waals surface area (Å²) in [6.07, 6.45) is 7.64. The molecule has 7 heteroatoms. The van der Waals surface area contributed by atoms with Gasteiger partial charge in [-0.05, 0) is 35.5 Å². The molecule has 0 bridgehead atoms. The van der Waals surface area contributed by atoms with E-state index in [2.05, 4.69) is 83.1 Å². The molecule has 4 nitrogen and oxygen atoms in total. The summed E-state index contributed by atoms with van der Waals surface area (Å²) in [4.78, 5) is 22.5. The average Bonchev–Trinajstić information content (AvgIpc) is 2.74. The molecule has 0 spiro atoms. The smallest absolute Gasteiger partial charge is 0.306 e. The van der Waals surface area contributed by atoms with Gasteiger partial charge in [0.05, 0.1) is 0 Å². The van der Waals surface area contributed by atoms with E-state index in [9.17, 15) is 9.59 Å². The summed E-state index contributed by atoms with van der Waals surface area (Å²) < 4.78 is 9.87. The zero-order valence-electron chi connectivity index (χ0n) is 26.0. The number of rotatable bonds is 12. The van der Waals surface area contributed by atoms with Crippen LogP contribution in [0.2, 0.25) is 0 Å². The van der Waals surface area contributed by atoms with E-state index >= 15 is 0 Å². The van der Waals surface area contributed by atoms with Gasteiger partial charge in [0.1, 0.15) is 13.2 Å². The summed E-state index contributed by atoms with van der Waals surface area (Å²) in [6, 6.07) is 0. The fourth-order valence-corrected chi connectivity index (χ4v) is 3.40. The van der Waals surface area contributed by atoms with Crippen LogP contribution in [0.3, 0.4) is 0 Å². The monoisotopic (exact) mass is 668 g/mol. The number of carbonyl (C=O) groups is 2. The van der Waals surface area contributed by atoms with E-state index in [1.54, 1.807) is 0 Å². The van der Waals surface area contributed by atoms with Crippen LogP contribution in [0, 0.1) is 36.5 Å². The van der Waals surface area contributed by atoms with E-state index in [0.29, 0.717) is 49.4 Å². The molecule has 0 aliphatic heterocycles. The molecule has 220 valence electrons. The predicted octanol–water partition coefficient (Wildman–Crippen LogP) is 9.24. The Morgan fingerprint density at radius 2 is 0.946 bits per heavy atom. The Morgan fingerprint density at radius 1 is 0.703 bits per heavy atom. The first-order valence-electron chi connectivity index (χ1n) is 13.6. The summed E-state index contributed by atoms with van der Waals surface area (Å²) in [6.45, 7) is 29.4. The van der Waals surface area contributed by atoms with Crippen molar-refractivity contribution < 1.29 is 19.1 Å². The van der Waals surface area contributed by atoms with Gasteiger partial charge in [-0.1, -0.05) is 134 Å². The molecule has 0 fully saturated rings. The minimum absolute atomic E-state index is 0. The Hall–Kier alpha value is 0.439. The predicted molar refractivity (Wildman–Crippen MR) is 169 cm³/mol. The summed E-state index contributed by atoms with van der Waals surface area (Å²) in [5.41, 5.74) is 0.551. The van der Waals surface area contributed by atoms with Crippen LogP contribution in [-0.2, 0) is 19.1 Å². The van der Waals surface area contributed by atoms with E-state index in [1.807, 2.05) is 0 Å². The van der Waals surface area contributed by atoms with Gasteiger partial charge < -0.3 is 9.47 Å². The van der Waals surface area contributed by atoms with Crippen molar-refractivity contribution in [2.75, 3.05) is 24.7 Å². The molecule has 0 aromatic carbocycles. The van der Waals surface area contributed by atoms with Gasteiger partial charge in [-0.3, -0.25) is 9.59 Å². The van der Waals surface area contributed by atoms with E-state index < -0.39 is 0 Å². The van der Waals surface area contributed by atoms with Gasteiger partial charge in [0.25, 0.3) is 0 Å². The van der Waals surface area contributed by atoms with Crippen LogP contribution in [0.25, 0.3) is 0 Å². The Kier molecular flexibility index (Phi) is 39.5. The molecule has 0 amide bonds. The standard InChI is InChI=1S/2C11H21O2S.2C4H9.Sn/c2*1-9(8-11(2,3)4)7-10(12)13-5-6-14;2*1-3-4-2;/h2*9H,5-8H2,1-4H3;2*1,3-4H2,2H3;. The van der Waals surface area contributed by atoms with Crippen molar-refractivity contribution in [3.63, 3.8) is 0 Å². The molecule has 0 saturated heterocycles. The molecule has 0 rings (SSSR count). The average molecular weight is 668 g/mol. The molecule has 2 atom stereocenters. The SMILES string of the molecule is CC(CC(=O)OCC[S])CC(C)(C)C.CC(CC(=O)OCC[S])CC(C)(C)C.[CH2]CCC.[CH2]CCC.[Sn]. The largest absolute Gasteiger partial charge is 0.465 e. The molecule has 0 aromatic rings. The second kappa shape index (κ2) is 31.0. The minimum atomic E-state index is -0.119. The second-order valence-electron chi connectivity index (χ2n) is 11.7. The maximum Gasteiger partial charge on any atom is 0.306 e. The molecule has 37 heavy (non-hydrogen) atoms. The van der Waals surface area contributed by atoms with Gasteiger partial charge in [0.2, 0.25) is 0 Å². The van der Waals surface area contributed by atoms with Gasteiger partial charge in [-0.2, -0.15) is 0 Å². The Labute approximate surface area is 260 Å². The third-order valence-electron chi connectivity index (χ3n) is 4.35. The van der Waals surface area contributed by atoms with E-state index in [1.165, 1.54) is 12.8 Å². The van der Waals surface area contributed by atoms with Crippen molar-refractivity contribution in [3.05, 3.63) is 13.8 Å². The number of carbonyl (C=O) groups excluding carboxylic acids is 2. The number of unbranched alkanes of at least 4 members (excludes halogenated alkanes) is 2. The van der Waals surface area contributed by atoms with Crippen molar-refractivity contribution in [1.82, 2.24) is 0 Å². The van der Waals surface area contributed by atoms with Crippen LogP contribution in [-0.4, -0.2) is 60.6 Å². The van der Waals surface area contributed by atoms with E-state index in [-0.39, 0.29) is 46.7 Å². The maximum atomic E-state index is 11.2. The van der Waals surface area contributed by atoms with Gasteiger partial charge in [-0.15, -0.1) is 0 Å². The first kappa shape index (κ1) is 47.2. The summed E-state index contributed by atoms with van der Waals surface area (Å²) in [5.74, 6) is 1.50. The van der Waals surface area contributed by atoms with Crippen molar-refractivity contribution in [1.29, 1.82) is 0 Å². The van der Waals surface area contributed by atoms with Gasteiger partial charge in [-0.25, -0.2) is 0 Å². The van der Waals surface area contributed by atoms with E-state index in [0.717, 1.165) is 25.7 Å². The Bertz CT molecular complexity index is 441. The second-order valence-corrected chi connectivity index (χ2v) is 12.5. The van der Waals surface area contributed by atoms with Gasteiger partial charge >= 0.3 is 11.9 Å². The fourth-order valence-electron chi connectivity index (χ4n) is 3.23. The van der Waals surface area contributed by atoms with Crippen molar-refractivity contribution >= 4 is 61.1 Å². The van der Waals surface area contributed by atoms with Crippen LogP contribution in [0.15, 0.2) is 0 Å². The van der Waals surface area contributed by atoms with Crippen LogP contribution in [0.5, 0.6) is 0 Å². The number of esters is 2. The number of hydrogen-bond donors (Lipinski definition) is 0. The molecule has 0 aromatic heterocycles. The topological polar surface area (TPSA) is 52.6 Å². The molecular weight excluding hydrogens is 607 g/mol. The first-order chi connectivity index (χ1) is 16.5. The maximum absolute atomic E-state index is 11.2. The van der Waals surface area contributed by atoms with E-state index in [4.69, 9.17) is 34.7 Å². The molecule has 0 saturated carbocycles. The number of ether oxygens (including phenoxy) is 2. The Morgan fingerprint density at radius 3 is 1.11 bits per heavy atom. The zero-order valence-corrected chi connectivity index (χ0v) is 30.5. The van der Waals surface area contributed by atoms with Crippen LogP contribution in [0.1, 0.15) is 121 Å². The molecule has 0 heterocycles. The van der Waals surface area contributed by atoms with Gasteiger partial charge in [0, 0.05) is 48.3 Å². The zero-order chi connectivity index (χ0) is 29.2. The first-order valence-corrected chi connectivity index (χ1v) is 14.7. The quantitative estimate of drug-likeness (QED) is 0.154. The normalized spacial score (nSPS) is 12.1. The summed E-state index contributed by atoms with van der Waals surface area (Å²) >= 11 is 9.39.